The molecule has 0 amide bonds. The molecule has 22 heavy (non-hydrogen) atoms. The van der Waals surface area contributed by atoms with Gasteiger partial charge < -0.3 is 0 Å². The zero-order chi connectivity index (χ0) is 15.9. The van der Waals surface area contributed by atoms with Gasteiger partial charge in [-0.1, -0.05) is 67.6 Å². The van der Waals surface area contributed by atoms with Crippen molar-refractivity contribution in [1.29, 1.82) is 0 Å². The molecule has 0 saturated heterocycles. The summed E-state index contributed by atoms with van der Waals surface area (Å²) in [7, 11) is 0. The first kappa shape index (κ1) is 16.2. The topological polar surface area (TPSA) is 17.1 Å². The Morgan fingerprint density at radius 3 is 2.27 bits per heavy atom. The lowest BCUT2D eigenvalue weighted by Crippen LogP contribution is -2.03. The Labute approximate surface area is 133 Å². The van der Waals surface area contributed by atoms with Crippen LogP contribution in [0.5, 0.6) is 0 Å². The second kappa shape index (κ2) is 7.74. The summed E-state index contributed by atoms with van der Waals surface area (Å²) in [6.07, 6.45) is 5.18. The molecule has 2 aromatic carbocycles. The van der Waals surface area contributed by atoms with Crippen LogP contribution in [-0.4, -0.2) is 5.78 Å². The highest BCUT2D eigenvalue weighted by Gasteiger charge is 2.09. The maximum atomic E-state index is 12.1. The molecule has 1 unspecified atom stereocenters. The largest absolute Gasteiger partial charge is 0.299 e. The smallest absolute Gasteiger partial charge is 0.137 e. The summed E-state index contributed by atoms with van der Waals surface area (Å²) in [6.45, 7) is 6.32. The predicted molar refractivity (Wildman–Crippen MR) is 94.0 cm³/mol. The number of hydrogen-bond donors (Lipinski definition) is 0. The van der Waals surface area contributed by atoms with E-state index < -0.39 is 0 Å². The molecule has 0 bridgehead atoms. The van der Waals surface area contributed by atoms with Crippen LogP contribution in [-0.2, 0) is 4.79 Å². The maximum absolute atomic E-state index is 12.1. The van der Waals surface area contributed by atoms with E-state index in [1.54, 1.807) is 0 Å². The van der Waals surface area contributed by atoms with Gasteiger partial charge in [0.25, 0.3) is 0 Å². The summed E-state index contributed by atoms with van der Waals surface area (Å²) in [5.41, 5.74) is 4.96. The number of carbonyl (C=O) groups is 1. The monoisotopic (exact) mass is 292 g/mol. The SMILES string of the molecule is Cc1cccc(C)c1/C=C/CC(=O)CC(C)c1ccccc1. The molecule has 0 saturated carbocycles. The molecule has 0 fully saturated rings. The van der Waals surface area contributed by atoms with Crippen molar-refractivity contribution in [2.75, 3.05) is 0 Å². The molecule has 2 aromatic rings. The van der Waals surface area contributed by atoms with Crippen LogP contribution >= 0.6 is 0 Å². The van der Waals surface area contributed by atoms with E-state index in [2.05, 4.69) is 57.2 Å². The summed E-state index contributed by atoms with van der Waals surface area (Å²) in [6, 6.07) is 16.5. The van der Waals surface area contributed by atoms with Gasteiger partial charge in [-0.15, -0.1) is 0 Å². The fourth-order valence-electron chi connectivity index (χ4n) is 2.72. The molecule has 2 rings (SSSR count). The van der Waals surface area contributed by atoms with Gasteiger partial charge in [-0.2, -0.15) is 0 Å². The predicted octanol–water partition coefficient (Wildman–Crippen LogP) is 5.47. The van der Waals surface area contributed by atoms with Gasteiger partial charge in [-0.25, -0.2) is 0 Å². The normalized spacial score (nSPS) is 12.5. The van der Waals surface area contributed by atoms with E-state index in [1.807, 2.05) is 24.3 Å². The van der Waals surface area contributed by atoms with Crippen molar-refractivity contribution in [1.82, 2.24) is 0 Å². The Kier molecular flexibility index (Phi) is 5.71. The van der Waals surface area contributed by atoms with Gasteiger partial charge in [0.05, 0.1) is 0 Å². The number of aryl methyl sites for hydroxylation is 2. The number of allylic oxidation sites excluding steroid dienone is 1. The molecule has 0 aliphatic rings. The summed E-state index contributed by atoms with van der Waals surface area (Å²) in [5.74, 6) is 0.570. The van der Waals surface area contributed by atoms with E-state index in [0.29, 0.717) is 18.6 Å². The molecular formula is C21H24O. The van der Waals surface area contributed by atoms with Gasteiger partial charge in [-0.05, 0) is 42.0 Å². The zero-order valence-electron chi connectivity index (χ0n) is 13.7. The van der Waals surface area contributed by atoms with E-state index in [0.717, 1.165) is 0 Å². The van der Waals surface area contributed by atoms with E-state index in [-0.39, 0.29) is 5.92 Å². The Bertz CT molecular complexity index is 633. The number of hydrogen-bond acceptors (Lipinski definition) is 1. The van der Waals surface area contributed by atoms with Gasteiger partial charge in [0.15, 0.2) is 0 Å². The molecule has 0 heterocycles. The third kappa shape index (κ3) is 4.42. The average Bonchev–Trinajstić information content (AvgIpc) is 2.51. The van der Waals surface area contributed by atoms with Crippen LogP contribution < -0.4 is 0 Å². The minimum absolute atomic E-state index is 0.280. The number of rotatable bonds is 6. The second-order valence-electron chi connectivity index (χ2n) is 5.97. The molecular weight excluding hydrogens is 268 g/mol. The minimum atomic E-state index is 0.280. The van der Waals surface area contributed by atoms with Crippen LogP contribution in [0.3, 0.4) is 0 Å². The first-order valence-corrected chi connectivity index (χ1v) is 7.87. The third-order valence-corrected chi connectivity index (χ3v) is 4.07. The summed E-state index contributed by atoms with van der Waals surface area (Å²) >= 11 is 0. The highest BCUT2D eigenvalue weighted by molar-refractivity contribution is 5.81. The van der Waals surface area contributed by atoms with Gasteiger partial charge in [0.1, 0.15) is 5.78 Å². The summed E-state index contributed by atoms with van der Waals surface area (Å²) in [4.78, 5) is 12.1. The molecule has 0 aliphatic carbocycles. The van der Waals surface area contributed by atoms with Crippen molar-refractivity contribution in [2.45, 2.75) is 39.5 Å². The number of benzene rings is 2. The lowest BCUT2D eigenvalue weighted by molar-refractivity contribution is -0.118. The van der Waals surface area contributed by atoms with Gasteiger partial charge in [-0.3, -0.25) is 4.79 Å². The quantitative estimate of drug-likeness (QED) is 0.690. The second-order valence-corrected chi connectivity index (χ2v) is 5.97. The van der Waals surface area contributed by atoms with Crippen molar-refractivity contribution in [3.63, 3.8) is 0 Å². The summed E-state index contributed by atoms with van der Waals surface area (Å²) in [5, 5.41) is 0. The number of carbonyl (C=O) groups excluding carboxylic acids is 1. The highest BCUT2D eigenvalue weighted by Crippen LogP contribution is 2.20. The Morgan fingerprint density at radius 2 is 1.64 bits per heavy atom. The molecule has 0 spiro atoms. The molecule has 0 aromatic heterocycles. The Balaban J connectivity index is 1.92. The zero-order valence-corrected chi connectivity index (χ0v) is 13.7. The highest BCUT2D eigenvalue weighted by atomic mass is 16.1. The van der Waals surface area contributed by atoms with Crippen molar-refractivity contribution in [2.24, 2.45) is 0 Å². The van der Waals surface area contributed by atoms with E-state index >= 15 is 0 Å². The Hall–Kier alpha value is -2.15. The van der Waals surface area contributed by atoms with Crippen molar-refractivity contribution >= 4 is 11.9 Å². The molecule has 1 atom stereocenters. The van der Waals surface area contributed by atoms with Crippen LogP contribution in [0, 0.1) is 13.8 Å². The maximum Gasteiger partial charge on any atom is 0.137 e. The molecule has 1 heteroatoms. The molecule has 114 valence electrons. The van der Waals surface area contributed by atoms with E-state index in [4.69, 9.17) is 0 Å². The number of ketones is 1. The van der Waals surface area contributed by atoms with Gasteiger partial charge >= 0.3 is 0 Å². The average molecular weight is 292 g/mol. The van der Waals surface area contributed by atoms with Crippen molar-refractivity contribution in [3.05, 3.63) is 76.9 Å². The molecule has 1 nitrogen and oxygen atoms in total. The van der Waals surface area contributed by atoms with Gasteiger partial charge in [0.2, 0.25) is 0 Å². The lowest BCUT2D eigenvalue weighted by Gasteiger charge is -2.10. The van der Waals surface area contributed by atoms with Crippen LogP contribution in [0.4, 0.5) is 0 Å². The van der Waals surface area contributed by atoms with Crippen LogP contribution in [0.15, 0.2) is 54.6 Å². The van der Waals surface area contributed by atoms with Crippen molar-refractivity contribution < 1.29 is 4.79 Å². The van der Waals surface area contributed by atoms with Crippen LogP contribution in [0.2, 0.25) is 0 Å². The van der Waals surface area contributed by atoms with Crippen LogP contribution in [0.1, 0.15) is 47.9 Å². The van der Waals surface area contributed by atoms with E-state index in [1.165, 1.54) is 22.3 Å². The molecule has 0 radical (unpaired) electrons. The Morgan fingerprint density at radius 1 is 1.00 bits per heavy atom. The third-order valence-electron chi connectivity index (χ3n) is 4.07. The first-order chi connectivity index (χ1) is 10.6. The lowest BCUT2D eigenvalue weighted by atomic mass is 9.94. The summed E-state index contributed by atoms with van der Waals surface area (Å²) < 4.78 is 0. The van der Waals surface area contributed by atoms with Crippen molar-refractivity contribution in [3.8, 4) is 0 Å². The standard InChI is InChI=1S/C21H24O/c1-16-9-7-10-17(2)21(16)14-8-13-20(22)15-18(3)19-11-5-4-6-12-19/h4-12,14,18H,13,15H2,1-3H3/b14-8+. The number of Topliss-reactive ketones (excluding diaryl/α,β-unsaturated/α-hetero) is 1. The fourth-order valence-corrected chi connectivity index (χ4v) is 2.72. The first-order valence-electron chi connectivity index (χ1n) is 7.87. The molecule has 0 aliphatic heterocycles. The minimum Gasteiger partial charge on any atom is -0.299 e. The van der Waals surface area contributed by atoms with Crippen LogP contribution in [0.25, 0.3) is 6.08 Å². The fraction of sp³-hybridized carbons (Fsp3) is 0.286. The molecule has 0 N–H and O–H groups in total. The van der Waals surface area contributed by atoms with E-state index in [9.17, 15) is 4.79 Å². The van der Waals surface area contributed by atoms with Gasteiger partial charge in [0, 0.05) is 12.8 Å².